The van der Waals surface area contributed by atoms with E-state index >= 15 is 0 Å². The van der Waals surface area contributed by atoms with Crippen molar-refractivity contribution in [3.8, 4) is 11.1 Å². The number of fused-ring (bicyclic) bond motifs is 1. The second-order valence-corrected chi connectivity index (χ2v) is 22.2. The van der Waals surface area contributed by atoms with E-state index in [-0.39, 0.29) is 39.1 Å². The predicted molar refractivity (Wildman–Crippen MR) is 239 cm³/mol. The van der Waals surface area contributed by atoms with Crippen molar-refractivity contribution in [2.24, 2.45) is 16.2 Å². The van der Waals surface area contributed by atoms with Gasteiger partial charge in [0.05, 0.1) is 48.4 Å². The minimum absolute atomic E-state index is 0.0185. The fourth-order valence-corrected chi connectivity index (χ4v) is 12.9. The zero-order chi connectivity index (χ0) is 45.3. The van der Waals surface area contributed by atoms with Gasteiger partial charge in [-0.3, -0.25) is 4.68 Å². The van der Waals surface area contributed by atoms with Crippen LogP contribution < -0.4 is 15.5 Å². The Balaban J connectivity index is 1.10. The first-order chi connectivity index (χ1) is 29.5. The molecular weight excluding hydrogens is 801 g/mol. The summed E-state index contributed by atoms with van der Waals surface area (Å²) in [4.78, 5) is 47.0. The van der Waals surface area contributed by atoms with E-state index in [0.29, 0.717) is 62.5 Å². The quantitative estimate of drug-likeness (QED) is 0.119. The number of methoxy groups -OCH3 is 1. The van der Waals surface area contributed by atoms with Crippen LogP contribution >= 0.6 is 0 Å². The molecule has 14 nitrogen and oxygen atoms in total. The highest BCUT2D eigenvalue weighted by molar-refractivity contribution is 5.96. The Morgan fingerprint density at radius 2 is 1.65 bits per heavy atom. The van der Waals surface area contributed by atoms with Crippen LogP contribution in [0.1, 0.15) is 150 Å². The fraction of sp³-hybridized carbons (Fsp3) is 0.653. The van der Waals surface area contributed by atoms with Crippen molar-refractivity contribution in [1.29, 1.82) is 0 Å². The highest BCUT2D eigenvalue weighted by atomic mass is 16.6. The molecule has 2 aromatic heterocycles. The lowest BCUT2D eigenvalue weighted by Gasteiger charge is -2.69. The van der Waals surface area contributed by atoms with Crippen LogP contribution in [0.15, 0.2) is 30.5 Å². The number of alkyl carbamates (subject to hydrolysis) is 1. The molecule has 5 fully saturated rings. The van der Waals surface area contributed by atoms with Gasteiger partial charge >= 0.3 is 18.0 Å². The summed E-state index contributed by atoms with van der Waals surface area (Å²) in [6.07, 6.45) is 9.29. The normalized spacial score (nSPS) is 28.8. The molecule has 63 heavy (non-hydrogen) atoms. The standard InChI is InChI=1S/C49H68N6O8/c1-30-36(21-51-55(30)29-48-24-46(8)23-47(9,25-48)27-49(26-46,28-48)61-18-17-60-10)34-11-12-37(53-39(34)42(58)62-44(2,3)4)40-38-31(13-15-50-40)19-33(20-35(38)41(56)57)54-16-14-32(22-54)52-43(59)63-45(5,6)7/h11-12,19-21,32,40,50H,13-18,22-29H2,1-10H3,(H,52,59)(H,56,57). The Bertz CT molecular complexity index is 2260. The number of nitrogens with one attached hydrogen (secondary N) is 2. The number of ether oxygens (including phenoxy) is 4. The number of nitrogens with zero attached hydrogens (tertiary/aromatic N) is 4. The van der Waals surface area contributed by atoms with E-state index in [1.165, 1.54) is 6.42 Å². The van der Waals surface area contributed by atoms with E-state index in [0.717, 1.165) is 61.2 Å². The van der Waals surface area contributed by atoms with Crippen molar-refractivity contribution in [3.05, 3.63) is 64.2 Å². The maximum Gasteiger partial charge on any atom is 0.407 e. The molecule has 9 rings (SSSR count). The number of rotatable bonds is 12. The molecule has 6 aliphatic rings. The number of pyridine rings is 1. The summed E-state index contributed by atoms with van der Waals surface area (Å²) in [5.41, 5.74) is 4.38. The largest absolute Gasteiger partial charge is 0.478 e. The Hall–Kier alpha value is -4.53. The molecule has 4 unspecified atom stereocenters. The molecule has 4 saturated carbocycles. The fourth-order valence-electron chi connectivity index (χ4n) is 12.9. The van der Waals surface area contributed by atoms with Gasteiger partial charge in [-0.1, -0.05) is 13.8 Å². The van der Waals surface area contributed by atoms with Crippen LogP contribution in [0, 0.1) is 23.2 Å². The number of esters is 1. The molecule has 1 saturated heterocycles. The topological polar surface area (TPSA) is 166 Å². The van der Waals surface area contributed by atoms with Gasteiger partial charge in [-0.2, -0.15) is 5.10 Å². The molecule has 1 aromatic carbocycles. The zero-order valence-corrected chi connectivity index (χ0v) is 39.0. The van der Waals surface area contributed by atoms with E-state index in [2.05, 4.69) is 47.1 Å². The first kappa shape index (κ1) is 45.1. The van der Waals surface area contributed by atoms with E-state index < -0.39 is 35.3 Å². The van der Waals surface area contributed by atoms with Gasteiger partial charge in [0.25, 0.3) is 0 Å². The van der Waals surface area contributed by atoms with Gasteiger partial charge in [0.15, 0.2) is 5.69 Å². The lowest BCUT2D eigenvalue weighted by Crippen LogP contribution is -2.64. The molecule has 3 N–H and O–H groups in total. The summed E-state index contributed by atoms with van der Waals surface area (Å²) in [5.74, 6) is -1.61. The molecule has 4 aliphatic carbocycles. The Morgan fingerprint density at radius 3 is 2.32 bits per heavy atom. The molecule has 3 aromatic rings. The third-order valence-corrected chi connectivity index (χ3v) is 13.8. The van der Waals surface area contributed by atoms with Crippen molar-refractivity contribution < 1.29 is 38.4 Å². The molecule has 1 amide bonds. The molecular formula is C49H68N6O8. The second kappa shape index (κ2) is 16.2. The SMILES string of the molecule is COCCOC12CC3(C)CC(C)(CC(Cn4ncc(-c5ccc(C6NCCc7cc(N8CCC(NC(=O)OC(C)(C)C)C8)cc(C(=O)O)c76)nc5C(=O)OC(C)(C)C)c4C)(C3)C1)C2. The monoisotopic (exact) mass is 869 g/mol. The minimum atomic E-state index is -1.05. The lowest BCUT2D eigenvalue weighted by molar-refractivity contribution is -0.250. The summed E-state index contributed by atoms with van der Waals surface area (Å²) in [6.45, 7) is 21.6. The smallest absolute Gasteiger partial charge is 0.407 e. The third kappa shape index (κ3) is 9.36. The number of benzene rings is 1. The Labute approximate surface area is 372 Å². The highest BCUT2D eigenvalue weighted by Crippen LogP contribution is 2.72. The molecule has 0 spiro atoms. The molecule has 14 heteroatoms. The number of carboxylic acids is 1. The average molecular weight is 869 g/mol. The van der Waals surface area contributed by atoms with Crippen molar-refractivity contribution in [3.63, 3.8) is 0 Å². The van der Waals surface area contributed by atoms with Crippen molar-refractivity contribution in [1.82, 2.24) is 25.4 Å². The van der Waals surface area contributed by atoms with Crippen LogP contribution in [-0.4, -0.2) is 101 Å². The second-order valence-electron chi connectivity index (χ2n) is 22.2. The first-order valence-corrected chi connectivity index (χ1v) is 22.8. The van der Waals surface area contributed by atoms with Crippen LogP contribution in [0.4, 0.5) is 10.5 Å². The Kier molecular flexibility index (Phi) is 11.6. The highest BCUT2D eigenvalue weighted by Gasteiger charge is 2.66. The molecule has 4 heterocycles. The van der Waals surface area contributed by atoms with Crippen molar-refractivity contribution in [2.75, 3.05) is 44.9 Å². The average Bonchev–Trinajstić information content (AvgIpc) is 3.76. The molecule has 342 valence electrons. The zero-order valence-electron chi connectivity index (χ0n) is 39.0. The number of carbonyl (C=O) groups is 3. The summed E-state index contributed by atoms with van der Waals surface area (Å²) in [5, 5.41) is 22.2. The maximum atomic E-state index is 14.2. The van der Waals surface area contributed by atoms with Crippen LogP contribution in [0.3, 0.4) is 0 Å². The van der Waals surface area contributed by atoms with Gasteiger partial charge in [-0.05, 0) is 151 Å². The predicted octanol–water partition coefficient (Wildman–Crippen LogP) is 8.03. The van der Waals surface area contributed by atoms with Crippen LogP contribution in [0.2, 0.25) is 0 Å². The summed E-state index contributed by atoms with van der Waals surface area (Å²) in [7, 11) is 1.72. The summed E-state index contributed by atoms with van der Waals surface area (Å²) < 4.78 is 25.7. The maximum absolute atomic E-state index is 14.2. The van der Waals surface area contributed by atoms with Crippen LogP contribution in [0.5, 0.6) is 0 Å². The van der Waals surface area contributed by atoms with Gasteiger partial charge in [0, 0.05) is 55.8 Å². The molecule has 2 aliphatic heterocycles. The number of amides is 1. The van der Waals surface area contributed by atoms with Gasteiger partial charge in [-0.25, -0.2) is 19.4 Å². The van der Waals surface area contributed by atoms with Gasteiger partial charge in [0.1, 0.15) is 11.2 Å². The summed E-state index contributed by atoms with van der Waals surface area (Å²) >= 11 is 0. The van der Waals surface area contributed by atoms with Crippen molar-refractivity contribution >= 4 is 23.7 Å². The number of anilines is 1. The number of hydrogen-bond donors (Lipinski definition) is 3. The van der Waals surface area contributed by atoms with Gasteiger partial charge in [-0.15, -0.1) is 0 Å². The molecule has 0 radical (unpaired) electrons. The minimum Gasteiger partial charge on any atom is -0.478 e. The summed E-state index contributed by atoms with van der Waals surface area (Å²) in [6, 6.07) is 6.85. The van der Waals surface area contributed by atoms with E-state index in [1.54, 1.807) is 13.2 Å². The van der Waals surface area contributed by atoms with Crippen LogP contribution in [0.25, 0.3) is 11.1 Å². The van der Waals surface area contributed by atoms with Crippen LogP contribution in [-0.2, 0) is 31.9 Å². The third-order valence-electron chi connectivity index (χ3n) is 13.8. The lowest BCUT2D eigenvalue weighted by atomic mass is 9.39. The number of carbonyl (C=O) groups excluding carboxylic acids is 2. The van der Waals surface area contributed by atoms with E-state index in [4.69, 9.17) is 29.0 Å². The van der Waals surface area contributed by atoms with Gasteiger partial charge < -0.3 is 39.6 Å². The van der Waals surface area contributed by atoms with Gasteiger partial charge in [0.2, 0.25) is 0 Å². The Morgan fingerprint density at radius 1 is 0.937 bits per heavy atom. The number of aromatic carboxylic acids is 1. The number of hydrogen-bond acceptors (Lipinski definition) is 11. The van der Waals surface area contributed by atoms with E-state index in [9.17, 15) is 19.5 Å². The molecule has 4 atom stereocenters. The number of carboxylic acid groups (broad SMARTS) is 1. The number of aromatic nitrogens is 3. The molecule has 4 bridgehead atoms. The first-order valence-electron chi connectivity index (χ1n) is 22.8. The van der Waals surface area contributed by atoms with Crippen molar-refractivity contribution in [2.45, 2.75) is 149 Å². The van der Waals surface area contributed by atoms with E-state index in [1.807, 2.05) is 59.9 Å².